The lowest BCUT2D eigenvalue weighted by molar-refractivity contribution is 0.0987. The summed E-state index contributed by atoms with van der Waals surface area (Å²) in [7, 11) is 1.73. The molecule has 0 spiro atoms. The smallest absolute Gasteiger partial charge is 0.235 e. The van der Waals surface area contributed by atoms with Gasteiger partial charge in [0.15, 0.2) is 5.78 Å². The number of ketones is 1. The molecule has 0 saturated carbocycles. The molecule has 0 aliphatic rings. The van der Waals surface area contributed by atoms with Gasteiger partial charge in [0.1, 0.15) is 10.3 Å². The Hall–Kier alpha value is -1.27. The summed E-state index contributed by atoms with van der Waals surface area (Å²) >= 11 is 3.26. The second kappa shape index (κ2) is 4.08. The molecule has 2 aromatic heterocycles. The van der Waals surface area contributed by atoms with E-state index < -0.39 is 0 Å². The number of hydrogen-bond acceptors (Lipinski definition) is 4. The maximum atomic E-state index is 11.8. The first-order valence-corrected chi connectivity index (χ1v) is 5.19. The molecule has 0 aliphatic heterocycles. The van der Waals surface area contributed by atoms with Crippen LogP contribution in [-0.2, 0) is 0 Å². The highest BCUT2D eigenvalue weighted by atomic mass is 79.9. The van der Waals surface area contributed by atoms with E-state index in [2.05, 4.69) is 31.2 Å². The van der Waals surface area contributed by atoms with E-state index in [1.165, 1.54) is 0 Å². The number of aromatic nitrogens is 3. The molecule has 0 amide bonds. The van der Waals surface area contributed by atoms with Gasteiger partial charge in [0.2, 0.25) is 5.78 Å². The van der Waals surface area contributed by atoms with Gasteiger partial charge in [0.25, 0.3) is 0 Å². The molecule has 0 fully saturated rings. The Bertz CT molecular complexity index is 508. The predicted octanol–water partition coefficient (Wildman–Crippen LogP) is 0.894. The summed E-state index contributed by atoms with van der Waals surface area (Å²) in [5.41, 5.74) is 0.521. The molecule has 6 heteroatoms. The average Bonchev–Trinajstić information content (AvgIpc) is 2.54. The number of carbonyl (C=O) groups excluding carboxylic acids is 1. The number of halogens is 1. The summed E-state index contributed by atoms with van der Waals surface area (Å²) < 4.78 is 2.20. The Kier molecular flexibility index (Phi) is 2.79. The fourth-order valence-electron chi connectivity index (χ4n) is 1.35. The van der Waals surface area contributed by atoms with E-state index in [4.69, 9.17) is 0 Å². The van der Waals surface area contributed by atoms with Crippen LogP contribution in [0.1, 0.15) is 10.5 Å². The van der Waals surface area contributed by atoms with Crippen LogP contribution in [0.5, 0.6) is 0 Å². The largest absolute Gasteiger partial charge is 0.313 e. The van der Waals surface area contributed by atoms with Gasteiger partial charge < -0.3 is 5.32 Å². The number of nitrogens with zero attached hydrogens (tertiary/aromatic N) is 3. The highest BCUT2D eigenvalue weighted by Gasteiger charge is 2.16. The highest BCUT2D eigenvalue weighted by molar-refractivity contribution is 9.10. The molecule has 2 rings (SSSR count). The number of carbonyl (C=O) groups is 1. The lowest BCUT2D eigenvalue weighted by Gasteiger charge is -1.99. The summed E-state index contributed by atoms with van der Waals surface area (Å²) in [6.45, 7) is 0.279. The van der Waals surface area contributed by atoms with E-state index in [1.807, 2.05) is 0 Å². The Labute approximate surface area is 94.7 Å². The zero-order chi connectivity index (χ0) is 10.8. The van der Waals surface area contributed by atoms with Crippen LogP contribution in [0, 0.1) is 0 Å². The van der Waals surface area contributed by atoms with Crippen LogP contribution >= 0.6 is 15.9 Å². The van der Waals surface area contributed by atoms with Crippen molar-refractivity contribution < 1.29 is 4.79 Å². The third kappa shape index (κ3) is 1.78. The monoisotopic (exact) mass is 268 g/mol. The van der Waals surface area contributed by atoms with Crippen LogP contribution < -0.4 is 5.32 Å². The first-order chi connectivity index (χ1) is 7.24. The Balaban J connectivity index is 2.58. The molecule has 0 bridgehead atoms. The average molecular weight is 269 g/mol. The molecule has 0 atom stereocenters. The minimum atomic E-state index is -0.0233. The van der Waals surface area contributed by atoms with Crippen LogP contribution in [0.4, 0.5) is 0 Å². The third-order valence-corrected chi connectivity index (χ3v) is 2.52. The fraction of sp³-hybridized carbons (Fsp3) is 0.222. The molecule has 0 aromatic carbocycles. The Morgan fingerprint density at radius 2 is 2.47 bits per heavy atom. The molecule has 5 nitrogen and oxygen atoms in total. The molecule has 0 radical (unpaired) electrons. The van der Waals surface area contributed by atoms with Gasteiger partial charge in [-0.15, -0.1) is 0 Å². The van der Waals surface area contributed by atoms with Gasteiger partial charge in [-0.2, -0.15) is 0 Å². The van der Waals surface area contributed by atoms with Crippen molar-refractivity contribution in [3.05, 3.63) is 28.8 Å². The second-order valence-electron chi connectivity index (χ2n) is 2.99. The maximum absolute atomic E-state index is 11.8. The van der Waals surface area contributed by atoms with Crippen LogP contribution in [0.3, 0.4) is 0 Å². The number of rotatable bonds is 3. The molecule has 2 heterocycles. The quantitative estimate of drug-likeness (QED) is 0.841. The van der Waals surface area contributed by atoms with Gasteiger partial charge in [0, 0.05) is 12.4 Å². The maximum Gasteiger partial charge on any atom is 0.235 e. The van der Waals surface area contributed by atoms with Crippen LogP contribution in [0.15, 0.2) is 23.1 Å². The standard InChI is InChI=1S/C9H9BrN4O/c1-11-5-6(15)7-8(10)13-9-12-3-2-4-14(7)9/h2-4,11H,5H2,1H3. The highest BCUT2D eigenvalue weighted by Crippen LogP contribution is 2.17. The number of Topliss-reactive ketones (excluding diaryl/α,β-unsaturated/α-hetero) is 1. The van der Waals surface area contributed by atoms with E-state index in [0.717, 1.165) is 0 Å². The van der Waals surface area contributed by atoms with Crippen LogP contribution in [0.25, 0.3) is 5.78 Å². The van der Waals surface area contributed by atoms with E-state index >= 15 is 0 Å². The molecular formula is C9H9BrN4O. The lowest BCUT2D eigenvalue weighted by Crippen LogP contribution is -2.20. The lowest BCUT2D eigenvalue weighted by atomic mass is 10.3. The second-order valence-corrected chi connectivity index (χ2v) is 3.75. The molecular weight excluding hydrogens is 260 g/mol. The van der Waals surface area contributed by atoms with Gasteiger partial charge in [0.05, 0.1) is 6.54 Å². The third-order valence-electron chi connectivity index (χ3n) is 1.96. The summed E-state index contributed by atoms with van der Waals surface area (Å²) in [5.74, 6) is 0.494. The fourth-order valence-corrected chi connectivity index (χ4v) is 1.92. The molecule has 2 aromatic rings. The molecule has 0 unspecified atom stereocenters. The van der Waals surface area contributed by atoms with Crippen molar-refractivity contribution in [1.29, 1.82) is 0 Å². The normalized spacial score (nSPS) is 10.8. The molecule has 78 valence electrons. The van der Waals surface area contributed by atoms with Gasteiger partial charge in [-0.3, -0.25) is 9.20 Å². The first kappa shape index (κ1) is 10.3. The number of hydrogen-bond donors (Lipinski definition) is 1. The van der Waals surface area contributed by atoms with Crippen LogP contribution in [-0.4, -0.2) is 33.7 Å². The topological polar surface area (TPSA) is 59.3 Å². The number of likely N-dealkylation sites (N-methyl/N-ethyl adjacent to an activating group) is 1. The minimum Gasteiger partial charge on any atom is -0.313 e. The summed E-state index contributed by atoms with van der Waals surface area (Å²) in [5, 5.41) is 2.82. The van der Waals surface area contributed by atoms with Gasteiger partial charge in [-0.1, -0.05) is 0 Å². The van der Waals surface area contributed by atoms with Crippen molar-refractivity contribution in [1.82, 2.24) is 19.7 Å². The van der Waals surface area contributed by atoms with Crippen molar-refractivity contribution in [2.24, 2.45) is 0 Å². The summed E-state index contributed by atoms with van der Waals surface area (Å²) in [6, 6.07) is 1.76. The number of nitrogens with one attached hydrogen (secondary N) is 1. The summed E-state index contributed by atoms with van der Waals surface area (Å²) in [6.07, 6.45) is 3.41. The van der Waals surface area contributed by atoms with E-state index in [1.54, 1.807) is 29.9 Å². The predicted molar refractivity (Wildman–Crippen MR) is 58.9 cm³/mol. The van der Waals surface area contributed by atoms with E-state index in [9.17, 15) is 4.79 Å². The Morgan fingerprint density at radius 1 is 1.67 bits per heavy atom. The molecule has 15 heavy (non-hydrogen) atoms. The molecule has 1 N–H and O–H groups in total. The molecule has 0 saturated heterocycles. The zero-order valence-electron chi connectivity index (χ0n) is 8.07. The van der Waals surface area contributed by atoms with Gasteiger partial charge >= 0.3 is 0 Å². The van der Waals surface area contributed by atoms with Crippen LogP contribution in [0.2, 0.25) is 0 Å². The van der Waals surface area contributed by atoms with Crippen molar-refractivity contribution in [3.8, 4) is 0 Å². The van der Waals surface area contributed by atoms with Gasteiger partial charge in [-0.05, 0) is 29.0 Å². The summed E-state index contributed by atoms with van der Waals surface area (Å²) in [4.78, 5) is 20.0. The van der Waals surface area contributed by atoms with Crippen molar-refractivity contribution in [3.63, 3.8) is 0 Å². The zero-order valence-corrected chi connectivity index (χ0v) is 9.65. The van der Waals surface area contributed by atoms with Crippen molar-refractivity contribution >= 4 is 27.5 Å². The SMILES string of the molecule is CNCC(=O)c1c(Br)nc2ncccn12. The van der Waals surface area contributed by atoms with Gasteiger partial charge in [-0.25, -0.2) is 9.97 Å². The molecule has 0 aliphatic carbocycles. The Morgan fingerprint density at radius 3 is 3.20 bits per heavy atom. The minimum absolute atomic E-state index is 0.0233. The van der Waals surface area contributed by atoms with Crippen molar-refractivity contribution in [2.45, 2.75) is 0 Å². The van der Waals surface area contributed by atoms with E-state index in [-0.39, 0.29) is 12.3 Å². The van der Waals surface area contributed by atoms with E-state index in [0.29, 0.717) is 16.1 Å². The number of fused-ring (bicyclic) bond motifs is 1. The number of imidazole rings is 1. The van der Waals surface area contributed by atoms with Crippen molar-refractivity contribution in [2.75, 3.05) is 13.6 Å². The first-order valence-electron chi connectivity index (χ1n) is 4.40.